The van der Waals surface area contributed by atoms with Crippen molar-refractivity contribution in [1.29, 1.82) is 0 Å². The summed E-state index contributed by atoms with van der Waals surface area (Å²) in [5.41, 5.74) is 1.40. The van der Waals surface area contributed by atoms with E-state index in [9.17, 15) is 4.79 Å². The summed E-state index contributed by atoms with van der Waals surface area (Å²) in [5, 5.41) is 3.90. The number of para-hydroxylation sites is 2. The molecule has 0 saturated carbocycles. The number of pyridine rings is 1. The summed E-state index contributed by atoms with van der Waals surface area (Å²) >= 11 is 0. The third-order valence-electron chi connectivity index (χ3n) is 4.26. The molecule has 0 aliphatic heterocycles. The van der Waals surface area contributed by atoms with E-state index in [0.717, 1.165) is 16.7 Å². The van der Waals surface area contributed by atoms with Crippen molar-refractivity contribution in [2.45, 2.75) is 13.0 Å². The van der Waals surface area contributed by atoms with Crippen LogP contribution in [0.2, 0.25) is 0 Å². The first-order chi connectivity index (χ1) is 13.2. The van der Waals surface area contributed by atoms with Gasteiger partial charge >= 0.3 is 0 Å². The Balaban J connectivity index is 1.59. The highest BCUT2D eigenvalue weighted by atomic mass is 16.5. The molecule has 0 spiro atoms. The van der Waals surface area contributed by atoms with Crippen LogP contribution in [0.5, 0.6) is 5.75 Å². The molecule has 2 aromatic heterocycles. The van der Waals surface area contributed by atoms with E-state index in [-0.39, 0.29) is 5.91 Å². The van der Waals surface area contributed by atoms with E-state index in [1.165, 1.54) is 0 Å². The maximum absolute atomic E-state index is 12.6. The van der Waals surface area contributed by atoms with Gasteiger partial charge in [0.05, 0.1) is 11.2 Å². The molecule has 2 aromatic carbocycles. The summed E-state index contributed by atoms with van der Waals surface area (Å²) in [6.07, 6.45) is 3.24. The zero-order chi connectivity index (χ0) is 18.6. The number of nitrogens with one attached hydrogen (secondary N) is 1. The van der Waals surface area contributed by atoms with Crippen LogP contribution in [0.1, 0.15) is 6.92 Å². The van der Waals surface area contributed by atoms with Gasteiger partial charge in [-0.1, -0.05) is 30.3 Å². The van der Waals surface area contributed by atoms with E-state index in [1.54, 1.807) is 6.92 Å². The lowest BCUT2D eigenvalue weighted by Crippen LogP contribution is -2.30. The molecule has 0 aliphatic carbocycles. The summed E-state index contributed by atoms with van der Waals surface area (Å²) in [4.78, 5) is 17.3. The monoisotopic (exact) mass is 357 g/mol. The number of carbonyl (C=O) groups is 1. The van der Waals surface area contributed by atoms with Crippen LogP contribution in [0.25, 0.3) is 16.7 Å². The van der Waals surface area contributed by atoms with Crippen molar-refractivity contribution >= 4 is 22.5 Å². The Morgan fingerprint density at radius 3 is 2.52 bits per heavy atom. The highest BCUT2D eigenvalue weighted by Crippen LogP contribution is 2.23. The molecule has 4 aromatic rings. The third kappa shape index (κ3) is 3.67. The first-order valence-electron chi connectivity index (χ1n) is 8.76. The molecule has 0 saturated heterocycles. The second-order valence-electron chi connectivity index (χ2n) is 6.20. The molecular weight excluding hydrogens is 338 g/mol. The molecule has 134 valence electrons. The minimum absolute atomic E-state index is 0.223. The fourth-order valence-electron chi connectivity index (χ4n) is 2.86. The van der Waals surface area contributed by atoms with Gasteiger partial charge in [-0.3, -0.25) is 4.79 Å². The lowest BCUT2D eigenvalue weighted by Gasteiger charge is -2.15. The molecule has 27 heavy (non-hydrogen) atoms. The SMILES string of the molecule is C[C@H](Oc1ccccc1)C(=O)Nc1cccc2ccc(-n3cccc3)nc12. The molecule has 1 N–H and O–H groups in total. The molecule has 1 amide bonds. The molecule has 0 unspecified atom stereocenters. The smallest absolute Gasteiger partial charge is 0.265 e. The van der Waals surface area contributed by atoms with Gasteiger partial charge in [0.25, 0.3) is 5.91 Å². The zero-order valence-electron chi connectivity index (χ0n) is 14.9. The van der Waals surface area contributed by atoms with Gasteiger partial charge in [-0.2, -0.15) is 0 Å². The standard InChI is InChI=1S/C22H19N3O2/c1-16(27-18-9-3-2-4-10-18)22(26)23-19-11-7-8-17-12-13-20(24-21(17)19)25-14-5-6-15-25/h2-16H,1H3,(H,23,26)/t16-/m0/s1. The number of hydrogen-bond acceptors (Lipinski definition) is 3. The number of fused-ring (bicyclic) bond motifs is 1. The van der Waals surface area contributed by atoms with Gasteiger partial charge in [0, 0.05) is 17.8 Å². The van der Waals surface area contributed by atoms with Crippen LogP contribution >= 0.6 is 0 Å². The van der Waals surface area contributed by atoms with E-state index in [0.29, 0.717) is 11.4 Å². The molecule has 0 radical (unpaired) electrons. The van der Waals surface area contributed by atoms with Crippen molar-refractivity contribution in [3.63, 3.8) is 0 Å². The highest BCUT2D eigenvalue weighted by Gasteiger charge is 2.16. The quantitative estimate of drug-likeness (QED) is 0.575. The summed E-state index contributed by atoms with van der Waals surface area (Å²) in [5.74, 6) is 1.23. The minimum atomic E-state index is -0.629. The summed E-state index contributed by atoms with van der Waals surface area (Å²) in [6, 6.07) is 22.9. The van der Waals surface area contributed by atoms with Crippen molar-refractivity contribution in [3.05, 3.63) is 85.2 Å². The summed E-state index contributed by atoms with van der Waals surface area (Å²) in [6.45, 7) is 1.73. The number of carbonyl (C=O) groups excluding carboxylic acids is 1. The molecule has 1 atom stereocenters. The van der Waals surface area contributed by atoms with Gasteiger partial charge in [-0.15, -0.1) is 0 Å². The van der Waals surface area contributed by atoms with E-state index < -0.39 is 6.10 Å². The van der Waals surface area contributed by atoms with Crippen molar-refractivity contribution in [1.82, 2.24) is 9.55 Å². The number of nitrogens with zero attached hydrogens (tertiary/aromatic N) is 2. The van der Waals surface area contributed by atoms with Gasteiger partial charge < -0.3 is 14.6 Å². The Morgan fingerprint density at radius 1 is 0.963 bits per heavy atom. The van der Waals surface area contributed by atoms with Gasteiger partial charge in [-0.25, -0.2) is 4.98 Å². The topological polar surface area (TPSA) is 56.1 Å². The fraction of sp³-hybridized carbons (Fsp3) is 0.0909. The highest BCUT2D eigenvalue weighted by molar-refractivity contribution is 6.02. The van der Waals surface area contributed by atoms with Crippen LogP contribution in [0.3, 0.4) is 0 Å². The van der Waals surface area contributed by atoms with Gasteiger partial charge in [0.15, 0.2) is 6.10 Å². The largest absolute Gasteiger partial charge is 0.481 e. The van der Waals surface area contributed by atoms with Gasteiger partial charge in [0.2, 0.25) is 0 Å². The minimum Gasteiger partial charge on any atom is -0.481 e. The van der Waals surface area contributed by atoms with E-state index in [1.807, 2.05) is 89.8 Å². The fourth-order valence-corrected chi connectivity index (χ4v) is 2.86. The van der Waals surface area contributed by atoms with Gasteiger partial charge in [0.1, 0.15) is 11.6 Å². The first-order valence-corrected chi connectivity index (χ1v) is 8.76. The normalized spacial score (nSPS) is 11.9. The summed E-state index contributed by atoms with van der Waals surface area (Å²) < 4.78 is 7.64. The number of benzene rings is 2. The number of aromatic nitrogens is 2. The van der Waals surface area contributed by atoms with Crippen molar-refractivity contribution in [3.8, 4) is 11.6 Å². The van der Waals surface area contributed by atoms with E-state index in [2.05, 4.69) is 5.32 Å². The average molecular weight is 357 g/mol. The van der Waals surface area contributed by atoms with Crippen LogP contribution < -0.4 is 10.1 Å². The molecule has 0 aliphatic rings. The van der Waals surface area contributed by atoms with Crippen molar-refractivity contribution in [2.24, 2.45) is 0 Å². The second kappa shape index (κ2) is 7.33. The predicted molar refractivity (Wildman–Crippen MR) is 106 cm³/mol. The third-order valence-corrected chi connectivity index (χ3v) is 4.26. The maximum atomic E-state index is 12.6. The lowest BCUT2D eigenvalue weighted by molar-refractivity contribution is -0.122. The molecular formula is C22H19N3O2. The Labute approximate surface area is 157 Å². The van der Waals surface area contributed by atoms with Crippen molar-refractivity contribution < 1.29 is 9.53 Å². The Hall–Kier alpha value is -3.60. The molecule has 5 heteroatoms. The molecule has 5 nitrogen and oxygen atoms in total. The average Bonchev–Trinajstić information content (AvgIpc) is 3.23. The first kappa shape index (κ1) is 16.8. The lowest BCUT2D eigenvalue weighted by atomic mass is 10.2. The maximum Gasteiger partial charge on any atom is 0.265 e. The molecule has 2 heterocycles. The molecule has 0 fully saturated rings. The summed E-state index contributed by atoms with van der Waals surface area (Å²) in [7, 11) is 0. The number of ether oxygens (including phenoxy) is 1. The van der Waals surface area contributed by atoms with Crippen LogP contribution in [0.4, 0.5) is 5.69 Å². The number of anilines is 1. The number of amides is 1. The molecule has 0 bridgehead atoms. The Morgan fingerprint density at radius 2 is 1.74 bits per heavy atom. The zero-order valence-corrected chi connectivity index (χ0v) is 14.9. The number of rotatable bonds is 5. The Kier molecular flexibility index (Phi) is 4.58. The predicted octanol–water partition coefficient (Wildman–Crippen LogP) is 4.43. The second-order valence-corrected chi connectivity index (χ2v) is 6.20. The number of hydrogen-bond donors (Lipinski definition) is 1. The van der Waals surface area contributed by atoms with Crippen molar-refractivity contribution in [2.75, 3.05) is 5.32 Å². The Bertz CT molecular complexity index is 1060. The van der Waals surface area contributed by atoms with Crippen LogP contribution in [0.15, 0.2) is 85.2 Å². The van der Waals surface area contributed by atoms with E-state index >= 15 is 0 Å². The molecule has 4 rings (SSSR count). The van der Waals surface area contributed by atoms with Crippen LogP contribution in [-0.4, -0.2) is 21.6 Å². The van der Waals surface area contributed by atoms with Crippen LogP contribution in [-0.2, 0) is 4.79 Å². The van der Waals surface area contributed by atoms with Gasteiger partial charge in [-0.05, 0) is 49.4 Å². The van der Waals surface area contributed by atoms with Crippen LogP contribution in [0, 0.1) is 0 Å². The van der Waals surface area contributed by atoms with E-state index in [4.69, 9.17) is 9.72 Å².